The lowest BCUT2D eigenvalue weighted by atomic mass is 10.1. The molecule has 0 atom stereocenters. The van der Waals surface area contributed by atoms with Gasteiger partial charge in [-0.2, -0.15) is 0 Å². The van der Waals surface area contributed by atoms with Gasteiger partial charge < -0.3 is 14.8 Å². The molecule has 2 rings (SSSR count). The summed E-state index contributed by atoms with van der Waals surface area (Å²) >= 11 is 0. The summed E-state index contributed by atoms with van der Waals surface area (Å²) in [5.41, 5.74) is 2.17. The highest BCUT2D eigenvalue weighted by Crippen LogP contribution is 2.08. The van der Waals surface area contributed by atoms with E-state index >= 15 is 0 Å². The summed E-state index contributed by atoms with van der Waals surface area (Å²) < 4.78 is 5.06. The van der Waals surface area contributed by atoms with Gasteiger partial charge in [0.2, 0.25) is 11.7 Å². The van der Waals surface area contributed by atoms with Crippen LogP contribution in [0.25, 0.3) is 0 Å². The summed E-state index contributed by atoms with van der Waals surface area (Å²) in [6.45, 7) is 2.26. The smallest absolute Gasteiger partial charge is 0.371 e. The molecule has 0 spiro atoms. The van der Waals surface area contributed by atoms with E-state index in [1.807, 2.05) is 24.3 Å². The minimum absolute atomic E-state index is 0.130. The molecule has 5 nitrogen and oxygen atoms in total. The van der Waals surface area contributed by atoms with E-state index in [4.69, 9.17) is 9.52 Å². The quantitative estimate of drug-likeness (QED) is 0.855. The fourth-order valence-corrected chi connectivity index (χ4v) is 1.91. The molecular weight excluding hydrogens is 270 g/mol. The number of carbonyl (C=O) groups is 2. The fraction of sp³-hybridized carbons (Fsp3) is 0.250. The number of carbonyl (C=O) groups excluding carboxylic acids is 1. The Morgan fingerprint density at radius 3 is 2.33 bits per heavy atom. The van der Waals surface area contributed by atoms with Gasteiger partial charge in [0.1, 0.15) is 5.76 Å². The summed E-state index contributed by atoms with van der Waals surface area (Å²) in [7, 11) is 0. The zero-order chi connectivity index (χ0) is 15.2. The maximum Gasteiger partial charge on any atom is 0.371 e. The van der Waals surface area contributed by atoms with Gasteiger partial charge in [0.15, 0.2) is 0 Å². The van der Waals surface area contributed by atoms with Gasteiger partial charge in [0.05, 0.1) is 13.0 Å². The van der Waals surface area contributed by atoms with Crippen molar-refractivity contribution in [3.05, 3.63) is 59.0 Å². The molecule has 1 aromatic carbocycles. The van der Waals surface area contributed by atoms with E-state index < -0.39 is 5.97 Å². The Hall–Kier alpha value is -2.56. The van der Waals surface area contributed by atoms with E-state index in [2.05, 4.69) is 12.2 Å². The maximum absolute atomic E-state index is 11.8. The number of nitrogens with one attached hydrogen (secondary N) is 1. The van der Waals surface area contributed by atoms with Crippen molar-refractivity contribution in [2.45, 2.75) is 26.3 Å². The van der Waals surface area contributed by atoms with Crippen LogP contribution < -0.4 is 5.32 Å². The average molecular weight is 287 g/mol. The summed E-state index contributed by atoms with van der Waals surface area (Å²) in [6, 6.07) is 10.8. The van der Waals surface area contributed by atoms with Crippen molar-refractivity contribution in [2.24, 2.45) is 0 Å². The summed E-state index contributed by atoms with van der Waals surface area (Å²) in [5.74, 6) is -0.965. The van der Waals surface area contributed by atoms with Crippen LogP contribution in [0, 0.1) is 0 Å². The predicted molar refractivity (Wildman–Crippen MR) is 77.0 cm³/mol. The monoisotopic (exact) mass is 287 g/mol. The number of hydrogen-bond donors (Lipinski definition) is 2. The lowest BCUT2D eigenvalue weighted by Crippen LogP contribution is -2.24. The Morgan fingerprint density at radius 2 is 1.76 bits per heavy atom. The van der Waals surface area contributed by atoms with E-state index in [1.54, 1.807) is 6.07 Å². The zero-order valence-corrected chi connectivity index (χ0v) is 11.8. The Labute approximate surface area is 122 Å². The lowest BCUT2D eigenvalue weighted by Gasteiger charge is -2.04. The third kappa shape index (κ3) is 4.21. The summed E-state index contributed by atoms with van der Waals surface area (Å²) in [5, 5.41) is 11.4. The Bertz CT molecular complexity index is 628. The van der Waals surface area contributed by atoms with Crippen LogP contribution in [0.3, 0.4) is 0 Å². The molecule has 0 saturated heterocycles. The topological polar surface area (TPSA) is 79.5 Å². The van der Waals surface area contributed by atoms with Crippen molar-refractivity contribution in [1.82, 2.24) is 5.32 Å². The van der Waals surface area contributed by atoms with Gasteiger partial charge >= 0.3 is 5.97 Å². The van der Waals surface area contributed by atoms with Crippen LogP contribution in [0.4, 0.5) is 0 Å². The molecule has 21 heavy (non-hydrogen) atoms. The maximum atomic E-state index is 11.8. The van der Waals surface area contributed by atoms with E-state index in [0.29, 0.717) is 5.76 Å². The number of hydrogen-bond acceptors (Lipinski definition) is 3. The molecular formula is C16H17NO4. The molecule has 0 fully saturated rings. The van der Waals surface area contributed by atoms with Crippen molar-refractivity contribution < 1.29 is 19.1 Å². The number of rotatable bonds is 6. The van der Waals surface area contributed by atoms with Crippen LogP contribution in [-0.4, -0.2) is 17.0 Å². The minimum atomic E-state index is -1.12. The first-order chi connectivity index (χ1) is 10.1. The van der Waals surface area contributed by atoms with Gasteiger partial charge in [-0.05, 0) is 29.7 Å². The average Bonchev–Trinajstić information content (AvgIpc) is 2.95. The summed E-state index contributed by atoms with van der Waals surface area (Å²) in [4.78, 5) is 22.5. The molecule has 0 aliphatic rings. The molecule has 1 amide bonds. The molecule has 5 heteroatoms. The first kappa shape index (κ1) is 14.8. The van der Waals surface area contributed by atoms with Crippen LogP contribution in [-0.2, 0) is 24.2 Å². The van der Waals surface area contributed by atoms with Gasteiger partial charge in [0, 0.05) is 0 Å². The SMILES string of the molecule is CCc1ccc(CC(=O)NCc2ccc(C(=O)O)o2)cc1. The minimum Gasteiger partial charge on any atom is -0.475 e. The standard InChI is InChI=1S/C16H17NO4/c1-2-11-3-5-12(6-4-11)9-15(18)17-10-13-7-8-14(21-13)16(19)20/h3-8H,2,9-10H2,1H3,(H,17,18)(H,19,20). The van der Waals surface area contributed by atoms with Gasteiger partial charge in [-0.1, -0.05) is 31.2 Å². The zero-order valence-electron chi connectivity index (χ0n) is 11.8. The molecule has 2 aromatic rings. The number of benzene rings is 1. The molecule has 0 saturated carbocycles. The van der Waals surface area contributed by atoms with E-state index in [-0.39, 0.29) is 24.6 Å². The van der Waals surface area contributed by atoms with Crippen molar-refractivity contribution >= 4 is 11.9 Å². The van der Waals surface area contributed by atoms with Crippen LogP contribution >= 0.6 is 0 Å². The number of carboxylic acid groups (broad SMARTS) is 1. The van der Waals surface area contributed by atoms with E-state index in [0.717, 1.165) is 12.0 Å². The van der Waals surface area contributed by atoms with Gasteiger partial charge in [-0.15, -0.1) is 0 Å². The second-order valence-electron chi connectivity index (χ2n) is 4.69. The fourth-order valence-electron chi connectivity index (χ4n) is 1.91. The molecule has 0 aliphatic carbocycles. The number of aromatic carboxylic acids is 1. The van der Waals surface area contributed by atoms with E-state index in [9.17, 15) is 9.59 Å². The molecule has 1 aromatic heterocycles. The largest absolute Gasteiger partial charge is 0.475 e. The Balaban J connectivity index is 1.84. The number of carboxylic acids is 1. The highest BCUT2D eigenvalue weighted by Gasteiger charge is 2.10. The van der Waals surface area contributed by atoms with Gasteiger partial charge in [-0.3, -0.25) is 4.79 Å². The molecule has 2 N–H and O–H groups in total. The third-order valence-electron chi connectivity index (χ3n) is 3.13. The highest BCUT2D eigenvalue weighted by atomic mass is 16.4. The normalized spacial score (nSPS) is 10.3. The van der Waals surface area contributed by atoms with Crippen LogP contribution in [0.1, 0.15) is 34.4 Å². The van der Waals surface area contributed by atoms with E-state index in [1.165, 1.54) is 11.6 Å². The van der Waals surface area contributed by atoms with Crippen LogP contribution in [0.2, 0.25) is 0 Å². The first-order valence-electron chi connectivity index (χ1n) is 6.75. The van der Waals surface area contributed by atoms with Gasteiger partial charge in [-0.25, -0.2) is 4.79 Å². The molecule has 0 unspecified atom stereocenters. The molecule has 0 aliphatic heterocycles. The third-order valence-corrected chi connectivity index (χ3v) is 3.13. The molecule has 1 heterocycles. The lowest BCUT2D eigenvalue weighted by molar-refractivity contribution is -0.120. The van der Waals surface area contributed by atoms with Crippen molar-refractivity contribution in [1.29, 1.82) is 0 Å². The predicted octanol–water partition coefficient (Wildman–Crippen LogP) is 2.40. The van der Waals surface area contributed by atoms with Crippen molar-refractivity contribution in [3.8, 4) is 0 Å². The number of aryl methyl sites for hydroxylation is 1. The second kappa shape index (κ2) is 6.74. The van der Waals surface area contributed by atoms with Crippen LogP contribution in [0.5, 0.6) is 0 Å². The van der Waals surface area contributed by atoms with Crippen molar-refractivity contribution in [2.75, 3.05) is 0 Å². The van der Waals surface area contributed by atoms with Gasteiger partial charge in [0.25, 0.3) is 0 Å². The van der Waals surface area contributed by atoms with Crippen molar-refractivity contribution in [3.63, 3.8) is 0 Å². The van der Waals surface area contributed by atoms with Crippen LogP contribution in [0.15, 0.2) is 40.8 Å². The number of furan rings is 1. The molecule has 0 bridgehead atoms. The Morgan fingerprint density at radius 1 is 1.10 bits per heavy atom. The molecule has 110 valence electrons. The Kier molecular flexibility index (Phi) is 4.77. The highest BCUT2D eigenvalue weighted by molar-refractivity contribution is 5.84. The number of amides is 1. The first-order valence-corrected chi connectivity index (χ1v) is 6.75. The molecule has 0 radical (unpaired) electrons. The second-order valence-corrected chi connectivity index (χ2v) is 4.69. The summed E-state index contributed by atoms with van der Waals surface area (Å²) in [6.07, 6.45) is 1.26.